The molecule has 0 aliphatic rings. The third kappa shape index (κ3) is 3.67. The maximum atomic E-state index is 14.1. The molecule has 0 saturated carbocycles. The summed E-state index contributed by atoms with van der Waals surface area (Å²) in [6.07, 6.45) is 0. The van der Waals surface area contributed by atoms with E-state index in [0.717, 1.165) is 0 Å². The monoisotopic (exact) mass is 282 g/mol. The molecule has 1 aromatic carbocycles. The largest absolute Gasteiger partial charge is 0.409 e. The fourth-order valence-corrected chi connectivity index (χ4v) is 1.56. The Morgan fingerprint density at radius 1 is 1.45 bits per heavy atom. The molecule has 0 aliphatic carbocycles. The van der Waals surface area contributed by atoms with Crippen molar-refractivity contribution >= 4 is 11.7 Å². The molecule has 20 heavy (non-hydrogen) atoms. The van der Waals surface area contributed by atoms with E-state index in [1.54, 1.807) is 26.0 Å². The number of amides is 1. The van der Waals surface area contributed by atoms with Gasteiger partial charge >= 0.3 is 0 Å². The Kier molecular flexibility index (Phi) is 5.04. The molecule has 0 radical (unpaired) electrons. The summed E-state index contributed by atoms with van der Waals surface area (Å²) >= 11 is 0. The van der Waals surface area contributed by atoms with Crippen LogP contribution < -0.4 is 16.8 Å². The van der Waals surface area contributed by atoms with Crippen LogP contribution in [-0.4, -0.2) is 23.5 Å². The van der Waals surface area contributed by atoms with E-state index >= 15 is 0 Å². The van der Waals surface area contributed by atoms with Crippen molar-refractivity contribution in [2.24, 2.45) is 22.0 Å². The number of carbonyl (C=O) groups is 1. The van der Waals surface area contributed by atoms with Gasteiger partial charge in [0.05, 0.1) is 11.0 Å². The van der Waals surface area contributed by atoms with Gasteiger partial charge in [-0.1, -0.05) is 17.3 Å². The maximum absolute atomic E-state index is 14.1. The Balaban J connectivity index is 2.78. The van der Waals surface area contributed by atoms with E-state index in [4.69, 9.17) is 16.7 Å². The number of nitrogens with one attached hydrogen (secondary N) is 1. The molecule has 0 unspecified atom stereocenters. The SMILES string of the molecule is CC(C)(CNCc1cccc(/C(N)=N/O)c1F)C(N)=O. The number of amidine groups is 1. The highest BCUT2D eigenvalue weighted by atomic mass is 19.1. The van der Waals surface area contributed by atoms with Gasteiger partial charge < -0.3 is 22.0 Å². The molecule has 6 N–H and O–H groups in total. The Bertz CT molecular complexity index is 529. The topological polar surface area (TPSA) is 114 Å². The third-order valence-corrected chi connectivity index (χ3v) is 3.01. The fraction of sp³-hybridized carbons (Fsp3) is 0.385. The third-order valence-electron chi connectivity index (χ3n) is 3.01. The highest BCUT2D eigenvalue weighted by molar-refractivity contribution is 5.97. The zero-order valence-electron chi connectivity index (χ0n) is 11.5. The van der Waals surface area contributed by atoms with E-state index in [9.17, 15) is 9.18 Å². The number of primary amides is 1. The first kappa shape index (κ1) is 15.9. The maximum Gasteiger partial charge on any atom is 0.224 e. The van der Waals surface area contributed by atoms with Crippen LogP contribution in [0.1, 0.15) is 25.0 Å². The quantitative estimate of drug-likeness (QED) is 0.263. The van der Waals surface area contributed by atoms with E-state index in [1.807, 2.05) is 0 Å². The first-order valence-corrected chi connectivity index (χ1v) is 6.05. The van der Waals surface area contributed by atoms with Crippen LogP contribution in [0.3, 0.4) is 0 Å². The lowest BCUT2D eigenvalue weighted by atomic mass is 9.92. The summed E-state index contributed by atoms with van der Waals surface area (Å²) in [6.45, 7) is 3.92. The second kappa shape index (κ2) is 6.33. The minimum Gasteiger partial charge on any atom is -0.409 e. The lowest BCUT2D eigenvalue weighted by Gasteiger charge is -2.21. The first-order valence-electron chi connectivity index (χ1n) is 6.05. The average molecular weight is 282 g/mol. The van der Waals surface area contributed by atoms with Crippen LogP contribution in [0.5, 0.6) is 0 Å². The number of halogens is 1. The summed E-state index contributed by atoms with van der Waals surface area (Å²) in [7, 11) is 0. The number of rotatable bonds is 6. The molecule has 1 amide bonds. The van der Waals surface area contributed by atoms with Gasteiger partial charge in [0, 0.05) is 18.7 Å². The van der Waals surface area contributed by atoms with E-state index in [-0.39, 0.29) is 17.9 Å². The number of benzene rings is 1. The van der Waals surface area contributed by atoms with Crippen LogP contribution in [0, 0.1) is 11.2 Å². The van der Waals surface area contributed by atoms with Gasteiger partial charge in [-0.2, -0.15) is 0 Å². The molecule has 1 aromatic rings. The zero-order chi connectivity index (χ0) is 15.3. The van der Waals surface area contributed by atoms with Gasteiger partial charge in [-0.05, 0) is 19.9 Å². The summed E-state index contributed by atoms with van der Waals surface area (Å²) in [6, 6.07) is 4.60. The molecule has 0 spiro atoms. The summed E-state index contributed by atoms with van der Waals surface area (Å²) in [5, 5.41) is 14.3. The van der Waals surface area contributed by atoms with Crippen LogP contribution in [0.15, 0.2) is 23.4 Å². The van der Waals surface area contributed by atoms with Crippen molar-refractivity contribution in [3.05, 3.63) is 35.1 Å². The molecule has 6 nitrogen and oxygen atoms in total. The Morgan fingerprint density at radius 2 is 2.10 bits per heavy atom. The van der Waals surface area contributed by atoms with Crippen LogP contribution >= 0.6 is 0 Å². The molecule has 0 saturated heterocycles. The Labute approximate surface area is 116 Å². The van der Waals surface area contributed by atoms with Gasteiger partial charge in [0.2, 0.25) is 5.91 Å². The van der Waals surface area contributed by atoms with Crippen molar-refractivity contribution in [2.75, 3.05) is 6.54 Å². The van der Waals surface area contributed by atoms with E-state index in [1.165, 1.54) is 6.07 Å². The summed E-state index contributed by atoms with van der Waals surface area (Å²) in [5.74, 6) is -1.29. The van der Waals surface area contributed by atoms with E-state index in [0.29, 0.717) is 12.1 Å². The fourth-order valence-electron chi connectivity index (χ4n) is 1.56. The minimum absolute atomic E-state index is 0.0287. The Morgan fingerprint density at radius 3 is 2.65 bits per heavy atom. The Hall–Kier alpha value is -2.15. The van der Waals surface area contributed by atoms with Crippen molar-refractivity contribution in [1.29, 1.82) is 0 Å². The molecule has 0 atom stereocenters. The number of nitrogens with two attached hydrogens (primary N) is 2. The van der Waals surface area contributed by atoms with Gasteiger partial charge in [0.1, 0.15) is 5.82 Å². The average Bonchev–Trinajstić information content (AvgIpc) is 2.39. The lowest BCUT2D eigenvalue weighted by molar-refractivity contribution is -0.125. The zero-order valence-corrected chi connectivity index (χ0v) is 11.5. The van der Waals surface area contributed by atoms with Crippen molar-refractivity contribution in [2.45, 2.75) is 20.4 Å². The van der Waals surface area contributed by atoms with Gasteiger partial charge in [0.25, 0.3) is 0 Å². The molecular weight excluding hydrogens is 263 g/mol. The number of carbonyl (C=O) groups excluding carboxylic acids is 1. The molecule has 1 rings (SSSR count). The highest BCUT2D eigenvalue weighted by Gasteiger charge is 2.24. The second-order valence-corrected chi connectivity index (χ2v) is 5.12. The van der Waals surface area contributed by atoms with Crippen molar-refractivity contribution < 1.29 is 14.4 Å². The lowest BCUT2D eigenvalue weighted by Crippen LogP contribution is -2.40. The molecule has 0 heterocycles. The molecule has 0 aliphatic heterocycles. The van der Waals surface area contributed by atoms with Gasteiger partial charge in [0.15, 0.2) is 5.84 Å². The summed E-state index contributed by atoms with van der Waals surface area (Å²) < 4.78 is 14.1. The van der Waals surface area contributed by atoms with Crippen LogP contribution in [0.25, 0.3) is 0 Å². The smallest absolute Gasteiger partial charge is 0.224 e. The molecule has 110 valence electrons. The van der Waals surface area contributed by atoms with Gasteiger partial charge in [-0.15, -0.1) is 0 Å². The number of hydrogen-bond acceptors (Lipinski definition) is 4. The molecule has 0 aromatic heterocycles. The number of hydrogen-bond donors (Lipinski definition) is 4. The van der Waals surface area contributed by atoms with Crippen LogP contribution in [0.4, 0.5) is 4.39 Å². The van der Waals surface area contributed by atoms with Gasteiger partial charge in [-0.3, -0.25) is 4.79 Å². The molecule has 0 fully saturated rings. The summed E-state index contributed by atoms with van der Waals surface area (Å²) in [5.41, 5.74) is 10.3. The van der Waals surface area contributed by atoms with Crippen molar-refractivity contribution in [3.63, 3.8) is 0 Å². The predicted octanol–water partition coefficient (Wildman–Crippen LogP) is 0.521. The standard InChI is InChI=1S/C13H19FN4O2/c1-13(2,12(16)19)7-17-6-8-4-3-5-9(10(8)14)11(15)18-20/h3-5,17,20H,6-7H2,1-2H3,(H2,15,18)(H2,16,19). The van der Waals surface area contributed by atoms with Crippen molar-refractivity contribution in [1.82, 2.24) is 5.32 Å². The molecule has 0 bridgehead atoms. The van der Waals surface area contributed by atoms with Crippen LogP contribution in [0.2, 0.25) is 0 Å². The second-order valence-electron chi connectivity index (χ2n) is 5.12. The minimum atomic E-state index is -0.723. The highest BCUT2D eigenvalue weighted by Crippen LogP contribution is 2.15. The summed E-state index contributed by atoms with van der Waals surface area (Å²) in [4.78, 5) is 11.2. The number of oxime groups is 1. The normalized spacial score (nSPS) is 12.4. The number of nitrogens with zero attached hydrogens (tertiary/aromatic N) is 1. The van der Waals surface area contributed by atoms with Crippen molar-refractivity contribution in [3.8, 4) is 0 Å². The van der Waals surface area contributed by atoms with Gasteiger partial charge in [-0.25, -0.2) is 4.39 Å². The predicted molar refractivity (Wildman–Crippen MR) is 73.6 cm³/mol. The van der Waals surface area contributed by atoms with E-state index < -0.39 is 17.1 Å². The molecular formula is C13H19FN4O2. The van der Waals surface area contributed by atoms with Crippen LogP contribution in [-0.2, 0) is 11.3 Å². The molecule has 7 heteroatoms. The first-order chi connectivity index (χ1) is 9.29. The van der Waals surface area contributed by atoms with E-state index in [2.05, 4.69) is 10.5 Å².